The lowest BCUT2D eigenvalue weighted by Crippen LogP contribution is -2.49. The fourth-order valence-corrected chi connectivity index (χ4v) is 4.60. The number of aliphatic carboxylic acids is 1. The molecule has 34 heavy (non-hydrogen) atoms. The van der Waals surface area contributed by atoms with E-state index in [1.165, 1.54) is 20.3 Å². The molecule has 1 saturated carbocycles. The van der Waals surface area contributed by atoms with Gasteiger partial charge in [-0.1, -0.05) is 18.9 Å². The van der Waals surface area contributed by atoms with Crippen molar-refractivity contribution in [1.29, 1.82) is 0 Å². The molecule has 2 aromatic rings. The van der Waals surface area contributed by atoms with Gasteiger partial charge in [0.1, 0.15) is 11.5 Å². The van der Waals surface area contributed by atoms with Crippen LogP contribution in [0.3, 0.4) is 0 Å². The Kier molecular flexibility index (Phi) is 7.58. The highest BCUT2D eigenvalue weighted by Crippen LogP contribution is 2.38. The van der Waals surface area contributed by atoms with Crippen LogP contribution >= 0.6 is 0 Å². The average molecular weight is 475 g/mol. The summed E-state index contributed by atoms with van der Waals surface area (Å²) in [5.74, 6) is -0.598. The van der Waals surface area contributed by atoms with Crippen LogP contribution in [0.4, 0.5) is 4.39 Å². The first-order valence-corrected chi connectivity index (χ1v) is 11.6. The Labute approximate surface area is 198 Å². The highest BCUT2D eigenvalue weighted by molar-refractivity contribution is 5.78. The minimum Gasteiger partial charge on any atom is -0.497 e. The standard InChI is InChI=1S/C26H31FO7/c1-30-20-14-22(24(27)23(15-20)31-2)21-8-7-19(13-17(21)16-33-18-5-3-4-6-18)34-26(25(28)29)9-11-32-12-10-26/h7-8,13-15,18H,3-6,9-12,16H2,1-2H3,(H,28,29). The maximum Gasteiger partial charge on any atom is 0.348 e. The number of carboxylic acid groups (broad SMARTS) is 1. The zero-order valence-corrected chi connectivity index (χ0v) is 19.6. The number of rotatable bonds is 9. The van der Waals surface area contributed by atoms with Crippen LogP contribution < -0.4 is 14.2 Å². The quantitative estimate of drug-likeness (QED) is 0.549. The molecule has 1 aliphatic heterocycles. The Morgan fingerprint density at radius 3 is 2.44 bits per heavy atom. The third-order valence-corrected chi connectivity index (χ3v) is 6.62. The largest absolute Gasteiger partial charge is 0.497 e. The van der Waals surface area contributed by atoms with Gasteiger partial charge in [-0.05, 0) is 42.2 Å². The smallest absolute Gasteiger partial charge is 0.348 e. The van der Waals surface area contributed by atoms with Crippen LogP contribution in [0, 0.1) is 5.82 Å². The van der Waals surface area contributed by atoms with Gasteiger partial charge in [0, 0.05) is 24.5 Å². The van der Waals surface area contributed by atoms with Crippen molar-refractivity contribution in [3.05, 3.63) is 41.7 Å². The summed E-state index contributed by atoms with van der Waals surface area (Å²) < 4.78 is 43.4. The molecule has 0 spiro atoms. The van der Waals surface area contributed by atoms with Gasteiger partial charge >= 0.3 is 5.97 Å². The molecule has 7 nitrogen and oxygen atoms in total. The summed E-state index contributed by atoms with van der Waals surface area (Å²) in [5, 5.41) is 9.87. The topological polar surface area (TPSA) is 83.5 Å². The third kappa shape index (κ3) is 5.13. The first-order valence-electron chi connectivity index (χ1n) is 11.6. The SMILES string of the molecule is COc1cc(OC)c(F)c(-c2ccc(OC3(C(=O)O)CCOCC3)cc2COC2CCCC2)c1. The molecule has 0 unspecified atom stereocenters. The number of hydrogen-bond acceptors (Lipinski definition) is 6. The van der Waals surface area contributed by atoms with E-state index in [9.17, 15) is 9.90 Å². The molecular formula is C26H31FO7. The van der Waals surface area contributed by atoms with Gasteiger partial charge in [-0.3, -0.25) is 0 Å². The molecule has 2 aliphatic rings. The summed E-state index contributed by atoms with van der Waals surface area (Å²) in [7, 11) is 2.92. The summed E-state index contributed by atoms with van der Waals surface area (Å²) in [5.41, 5.74) is 0.266. The van der Waals surface area contributed by atoms with Crippen LogP contribution in [0.15, 0.2) is 30.3 Å². The fourth-order valence-electron chi connectivity index (χ4n) is 4.60. The Morgan fingerprint density at radius 1 is 1.06 bits per heavy atom. The normalized spacial score (nSPS) is 18.0. The predicted octanol–water partition coefficient (Wildman–Crippen LogP) is 4.98. The molecule has 0 aromatic heterocycles. The van der Waals surface area contributed by atoms with Crippen molar-refractivity contribution < 1.29 is 38.0 Å². The van der Waals surface area contributed by atoms with E-state index in [2.05, 4.69) is 0 Å². The number of ether oxygens (including phenoxy) is 5. The molecule has 0 atom stereocenters. The minimum atomic E-state index is -1.35. The summed E-state index contributed by atoms with van der Waals surface area (Å²) in [4.78, 5) is 12.1. The van der Waals surface area contributed by atoms with Gasteiger partial charge in [-0.15, -0.1) is 0 Å². The summed E-state index contributed by atoms with van der Waals surface area (Å²) in [6, 6.07) is 8.25. The number of carboxylic acids is 1. The lowest BCUT2D eigenvalue weighted by molar-refractivity contribution is -0.163. The second kappa shape index (κ2) is 10.6. The lowest BCUT2D eigenvalue weighted by Gasteiger charge is -2.33. The first-order chi connectivity index (χ1) is 16.5. The Morgan fingerprint density at radius 2 is 1.79 bits per heavy atom. The number of benzene rings is 2. The van der Waals surface area contributed by atoms with Gasteiger partial charge in [0.15, 0.2) is 11.6 Å². The average Bonchev–Trinajstić information content (AvgIpc) is 3.37. The van der Waals surface area contributed by atoms with Crippen molar-refractivity contribution >= 4 is 5.97 Å². The number of halogens is 1. The van der Waals surface area contributed by atoms with Gasteiger partial charge in [0.2, 0.25) is 5.60 Å². The highest BCUT2D eigenvalue weighted by atomic mass is 19.1. The monoisotopic (exact) mass is 474 g/mol. The lowest BCUT2D eigenvalue weighted by atomic mass is 9.93. The summed E-state index contributed by atoms with van der Waals surface area (Å²) in [6.07, 6.45) is 4.91. The van der Waals surface area contributed by atoms with Crippen LogP contribution in [-0.2, 0) is 20.9 Å². The van der Waals surface area contributed by atoms with E-state index < -0.39 is 17.4 Å². The van der Waals surface area contributed by atoms with Gasteiger partial charge in [0.25, 0.3) is 0 Å². The number of carbonyl (C=O) groups is 1. The molecule has 4 rings (SSSR count). The van der Waals surface area contributed by atoms with Crippen LogP contribution in [0.2, 0.25) is 0 Å². The van der Waals surface area contributed by atoms with Gasteiger partial charge in [-0.2, -0.15) is 0 Å². The van der Waals surface area contributed by atoms with E-state index in [0.717, 1.165) is 25.7 Å². The molecule has 1 saturated heterocycles. The second-order valence-electron chi connectivity index (χ2n) is 8.74. The maximum atomic E-state index is 15.3. The molecular weight excluding hydrogens is 443 g/mol. The molecule has 1 heterocycles. The van der Waals surface area contributed by atoms with Crippen molar-refractivity contribution in [2.75, 3.05) is 27.4 Å². The van der Waals surface area contributed by atoms with Crippen LogP contribution in [0.25, 0.3) is 11.1 Å². The van der Waals surface area contributed by atoms with Crippen molar-refractivity contribution in [1.82, 2.24) is 0 Å². The Hall–Kier alpha value is -2.84. The van der Waals surface area contributed by atoms with Crippen LogP contribution in [-0.4, -0.2) is 50.2 Å². The number of methoxy groups -OCH3 is 2. The van der Waals surface area contributed by atoms with E-state index >= 15 is 4.39 Å². The fraction of sp³-hybridized carbons (Fsp3) is 0.500. The van der Waals surface area contributed by atoms with Crippen LogP contribution in [0.1, 0.15) is 44.1 Å². The predicted molar refractivity (Wildman–Crippen MR) is 123 cm³/mol. The van der Waals surface area contributed by atoms with Crippen LogP contribution in [0.5, 0.6) is 17.2 Å². The molecule has 8 heteroatoms. The molecule has 1 N–H and O–H groups in total. The van der Waals surface area contributed by atoms with Crippen molar-refractivity contribution in [3.63, 3.8) is 0 Å². The van der Waals surface area contributed by atoms with E-state index in [-0.39, 0.29) is 31.3 Å². The van der Waals surface area contributed by atoms with Crippen molar-refractivity contribution in [3.8, 4) is 28.4 Å². The highest BCUT2D eigenvalue weighted by Gasteiger charge is 2.43. The molecule has 2 fully saturated rings. The van der Waals surface area contributed by atoms with E-state index in [4.69, 9.17) is 23.7 Å². The zero-order chi connectivity index (χ0) is 24.1. The summed E-state index contributed by atoms with van der Waals surface area (Å²) in [6.45, 7) is 0.882. The maximum absolute atomic E-state index is 15.3. The summed E-state index contributed by atoms with van der Waals surface area (Å²) >= 11 is 0. The molecule has 2 aromatic carbocycles. The molecule has 0 radical (unpaired) electrons. The van der Waals surface area contributed by atoms with Crippen molar-refractivity contribution in [2.24, 2.45) is 0 Å². The van der Waals surface area contributed by atoms with E-state index in [0.29, 0.717) is 41.4 Å². The number of hydrogen-bond donors (Lipinski definition) is 1. The van der Waals surface area contributed by atoms with Gasteiger partial charge in [0.05, 0.1) is 40.1 Å². The zero-order valence-electron chi connectivity index (χ0n) is 19.6. The molecule has 0 amide bonds. The minimum absolute atomic E-state index is 0.0735. The first kappa shape index (κ1) is 24.3. The molecule has 184 valence electrons. The third-order valence-electron chi connectivity index (χ3n) is 6.62. The van der Waals surface area contributed by atoms with Crippen molar-refractivity contribution in [2.45, 2.75) is 56.8 Å². The van der Waals surface area contributed by atoms with E-state index in [1.807, 2.05) is 0 Å². The van der Waals surface area contributed by atoms with Gasteiger partial charge in [-0.25, -0.2) is 9.18 Å². The molecule has 0 bridgehead atoms. The Balaban J connectivity index is 1.72. The Bertz CT molecular complexity index is 1010. The van der Waals surface area contributed by atoms with E-state index in [1.54, 1.807) is 24.3 Å². The molecule has 1 aliphatic carbocycles. The second-order valence-corrected chi connectivity index (χ2v) is 8.74. The van der Waals surface area contributed by atoms with Gasteiger partial charge < -0.3 is 28.8 Å².